The molecule has 1 saturated carbocycles. The molecule has 0 aliphatic heterocycles. The number of furan rings is 1. The van der Waals surface area contributed by atoms with Gasteiger partial charge in [0.05, 0.1) is 11.6 Å². The SMILES string of the molecule is CCCc1c(CNC2CC2)oc2c(Cl)c(Cl)ccc12. The summed E-state index contributed by atoms with van der Waals surface area (Å²) in [6.07, 6.45) is 4.64. The molecule has 2 nitrogen and oxygen atoms in total. The summed E-state index contributed by atoms with van der Waals surface area (Å²) in [5, 5.41) is 5.67. The third-order valence-corrected chi connectivity index (χ3v) is 4.35. The first-order valence-electron chi connectivity index (χ1n) is 6.82. The van der Waals surface area contributed by atoms with Crippen molar-refractivity contribution in [3.05, 3.63) is 33.5 Å². The molecule has 1 heterocycles. The van der Waals surface area contributed by atoms with Crippen LogP contribution in [0, 0.1) is 0 Å². The van der Waals surface area contributed by atoms with Crippen LogP contribution < -0.4 is 5.32 Å². The van der Waals surface area contributed by atoms with Crippen molar-refractivity contribution >= 4 is 34.2 Å². The summed E-state index contributed by atoms with van der Waals surface area (Å²) in [7, 11) is 0. The van der Waals surface area contributed by atoms with Crippen molar-refractivity contribution < 1.29 is 4.42 Å². The average Bonchev–Trinajstić information content (AvgIpc) is 3.16. The van der Waals surface area contributed by atoms with Crippen LogP contribution in [0.5, 0.6) is 0 Å². The molecule has 1 aromatic heterocycles. The van der Waals surface area contributed by atoms with Crippen LogP contribution in [0.4, 0.5) is 0 Å². The highest BCUT2D eigenvalue weighted by Crippen LogP contribution is 2.36. The Morgan fingerprint density at radius 1 is 1.32 bits per heavy atom. The average molecular weight is 298 g/mol. The zero-order chi connectivity index (χ0) is 13.4. The lowest BCUT2D eigenvalue weighted by Gasteiger charge is -2.02. The maximum absolute atomic E-state index is 6.24. The van der Waals surface area contributed by atoms with Crippen LogP contribution in [0.25, 0.3) is 11.0 Å². The van der Waals surface area contributed by atoms with Crippen molar-refractivity contribution in [2.45, 2.75) is 45.2 Å². The van der Waals surface area contributed by atoms with E-state index in [1.54, 1.807) is 0 Å². The largest absolute Gasteiger partial charge is 0.458 e. The zero-order valence-corrected chi connectivity index (χ0v) is 12.4. The van der Waals surface area contributed by atoms with Crippen LogP contribution in [0.1, 0.15) is 37.5 Å². The predicted octanol–water partition coefficient (Wildman–Crippen LogP) is 4.94. The van der Waals surface area contributed by atoms with Gasteiger partial charge in [-0.1, -0.05) is 36.5 Å². The van der Waals surface area contributed by atoms with Gasteiger partial charge >= 0.3 is 0 Å². The van der Waals surface area contributed by atoms with Crippen molar-refractivity contribution in [1.82, 2.24) is 5.32 Å². The van der Waals surface area contributed by atoms with Crippen molar-refractivity contribution in [1.29, 1.82) is 0 Å². The molecule has 102 valence electrons. The molecule has 1 aliphatic rings. The second-order valence-electron chi connectivity index (χ2n) is 5.15. The van der Waals surface area contributed by atoms with Gasteiger partial charge in [0.15, 0.2) is 5.58 Å². The minimum atomic E-state index is 0.522. The number of rotatable bonds is 5. The number of fused-ring (bicyclic) bond motifs is 1. The lowest BCUT2D eigenvalue weighted by Crippen LogP contribution is -2.15. The molecule has 4 heteroatoms. The van der Waals surface area contributed by atoms with Crippen molar-refractivity contribution in [3.8, 4) is 0 Å². The van der Waals surface area contributed by atoms with Gasteiger partial charge < -0.3 is 9.73 Å². The number of hydrogen-bond acceptors (Lipinski definition) is 2. The molecule has 1 aromatic carbocycles. The first-order valence-corrected chi connectivity index (χ1v) is 7.58. The minimum Gasteiger partial charge on any atom is -0.458 e. The molecule has 0 saturated heterocycles. The van der Waals surface area contributed by atoms with E-state index in [1.807, 2.05) is 12.1 Å². The Hall–Kier alpha value is -0.700. The van der Waals surface area contributed by atoms with Crippen LogP contribution >= 0.6 is 23.2 Å². The Morgan fingerprint density at radius 2 is 2.11 bits per heavy atom. The van der Waals surface area contributed by atoms with Gasteiger partial charge in [-0.15, -0.1) is 0 Å². The molecule has 1 fully saturated rings. The van der Waals surface area contributed by atoms with Crippen molar-refractivity contribution in [2.24, 2.45) is 0 Å². The third-order valence-electron chi connectivity index (χ3n) is 3.57. The van der Waals surface area contributed by atoms with Crippen molar-refractivity contribution in [3.63, 3.8) is 0 Å². The van der Waals surface area contributed by atoms with Gasteiger partial charge in [-0.05, 0) is 31.4 Å². The predicted molar refractivity (Wildman–Crippen MR) is 80.1 cm³/mol. The van der Waals surface area contributed by atoms with Gasteiger partial charge in [0, 0.05) is 17.0 Å². The molecule has 1 aliphatic carbocycles. The summed E-state index contributed by atoms with van der Waals surface area (Å²) in [5.74, 6) is 1.01. The van der Waals surface area contributed by atoms with Crippen LogP contribution in [0.15, 0.2) is 16.5 Å². The summed E-state index contributed by atoms with van der Waals surface area (Å²) in [6, 6.07) is 4.53. The normalized spacial score (nSPS) is 15.3. The summed E-state index contributed by atoms with van der Waals surface area (Å²) >= 11 is 12.3. The first kappa shape index (κ1) is 13.3. The highest BCUT2D eigenvalue weighted by atomic mass is 35.5. The van der Waals surface area contributed by atoms with E-state index < -0.39 is 0 Å². The summed E-state index contributed by atoms with van der Waals surface area (Å²) in [4.78, 5) is 0. The van der Waals surface area contributed by atoms with Crippen LogP contribution in [-0.2, 0) is 13.0 Å². The molecule has 3 rings (SSSR count). The number of benzene rings is 1. The molecule has 0 amide bonds. The quantitative estimate of drug-likeness (QED) is 0.845. The summed E-state index contributed by atoms with van der Waals surface area (Å²) in [6.45, 7) is 2.96. The van der Waals surface area contributed by atoms with Gasteiger partial charge in [0.1, 0.15) is 10.8 Å². The Morgan fingerprint density at radius 3 is 2.79 bits per heavy atom. The summed E-state index contributed by atoms with van der Waals surface area (Å²) < 4.78 is 5.96. The van der Waals surface area contributed by atoms with Gasteiger partial charge in [0.2, 0.25) is 0 Å². The van der Waals surface area contributed by atoms with Crippen LogP contribution in [0.3, 0.4) is 0 Å². The Kier molecular flexibility index (Phi) is 3.75. The number of nitrogens with one attached hydrogen (secondary N) is 1. The molecule has 0 radical (unpaired) electrons. The fraction of sp³-hybridized carbons (Fsp3) is 0.467. The molecule has 1 N–H and O–H groups in total. The molecular weight excluding hydrogens is 281 g/mol. The molecule has 0 spiro atoms. The van der Waals surface area contributed by atoms with Gasteiger partial charge in [-0.3, -0.25) is 0 Å². The molecule has 2 aromatic rings. The minimum absolute atomic E-state index is 0.522. The second-order valence-corrected chi connectivity index (χ2v) is 5.93. The van der Waals surface area contributed by atoms with E-state index in [0.29, 0.717) is 16.1 Å². The van der Waals surface area contributed by atoms with Gasteiger partial charge in [-0.25, -0.2) is 0 Å². The number of aryl methyl sites for hydroxylation is 1. The van der Waals surface area contributed by atoms with Crippen molar-refractivity contribution in [2.75, 3.05) is 0 Å². The lowest BCUT2D eigenvalue weighted by atomic mass is 10.1. The second kappa shape index (κ2) is 5.35. The van der Waals surface area contributed by atoms with E-state index in [9.17, 15) is 0 Å². The number of hydrogen-bond donors (Lipinski definition) is 1. The highest BCUT2D eigenvalue weighted by molar-refractivity contribution is 6.44. The van der Waals surface area contributed by atoms with E-state index in [-0.39, 0.29) is 0 Å². The first-order chi connectivity index (χ1) is 9.20. The fourth-order valence-electron chi connectivity index (χ4n) is 2.40. The van der Waals surface area contributed by atoms with E-state index in [2.05, 4.69) is 12.2 Å². The van der Waals surface area contributed by atoms with Gasteiger partial charge in [-0.2, -0.15) is 0 Å². The Labute approximate surface area is 123 Å². The maximum atomic E-state index is 6.24. The van der Waals surface area contributed by atoms with E-state index in [0.717, 1.165) is 36.1 Å². The molecule has 0 atom stereocenters. The monoisotopic (exact) mass is 297 g/mol. The Bertz CT molecular complexity index is 602. The van der Waals surface area contributed by atoms with E-state index in [1.165, 1.54) is 18.4 Å². The Balaban J connectivity index is 2.02. The third kappa shape index (κ3) is 2.62. The smallest absolute Gasteiger partial charge is 0.154 e. The van der Waals surface area contributed by atoms with E-state index in [4.69, 9.17) is 27.6 Å². The topological polar surface area (TPSA) is 25.2 Å². The fourth-order valence-corrected chi connectivity index (χ4v) is 2.75. The van der Waals surface area contributed by atoms with Crippen LogP contribution in [0.2, 0.25) is 10.0 Å². The van der Waals surface area contributed by atoms with Gasteiger partial charge in [0.25, 0.3) is 0 Å². The zero-order valence-electron chi connectivity index (χ0n) is 10.9. The van der Waals surface area contributed by atoms with E-state index >= 15 is 0 Å². The maximum Gasteiger partial charge on any atom is 0.154 e. The number of halogens is 2. The highest BCUT2D eigenvalue weighted by Gasteiger charge is 2.23. The lowest BCUT2D eigenvalue weighted by molar-refractivity contribution is 0.506. The summed E-state index contributed by atoms with van der Waals surface area (Å²) in [5.41, 5.74) is 1.99. The molecule has 0 unspecified atom stereocenters. The molecular formula is C15H17Cl2NO. The molecule has 19 heavy (non-hydrogen) atoms. The molecule has 0 bridgehead atoms. The standard InChI is InChI=1S/C15H17Cl2NO/c1-2-3-10-11-6-7-12(16)14(17)15(11)19-13(10)8-18-9-4-5-9/h6-7,9,18H,2-5,8H2,1H3. The van der Waals surface area contributed by atoms with Crippen LogP contribution in [-0.4, -0.2) is 6.04 Å².